The van der Waals surface area contributed by atoms with Gasteiger partial charge in [-0.2, -0.15) is 0 Å². The maximum atomic E-state index is 13.4. The lowest BCUT2D eigenvalue weighted by Crippen LogP contribution is -2.14. The van der Waals surface area contributed by atoms with Crippen molar-refractivity contribution in [3.8, 4) is 0 Å². The second-order valence-electron chi connectivity index (χ2n) is 3.31. The van der Waals surface area contributed by atoms with E-state index in [1.165, 1.54) is 6.07 Å². The van der Waals surface area contributed by atoms with Gasteiger partial charge in [0, 0.05) is 16.6 Å². The Kier molecular flexibility index (Phi) is 4.17. The molecule has 0 spiro atoms. The Morgan fingerprint density at radius 2 is 2.21 bits per heavy atom. The molecule has 0 amide bonds. The van der Waals surface area contributed by atoms with Gasteiger partial charge in [-0.3, -0.25) is 0 Å². The van der Waals surface area contributed by atoms with Gasteiger partial charge in [0.1, 0.15) is 5.82 Å². The molecule has 1 atom stereocenters. The van der Waals surface area contributed by atoms with Crippen molar-refractivity contribution in [3.63, 3.8) is 0 Å². The van der Waals surface area contributed by atoms with Crippen LogP contribution in [0.15, 0.2) is 18.2 Å². The highest BCUT2D eigenvalue weighted by molar-refractivity contribution is 6.30. The molecule has 0 radical (unpaired) electrons. The van der Waals surface area contributed by atoms with Gasteiger partial charge in [0.25, 0.3) is 0 Å². The summed E-state index contributed by atoms with van der Waals surface area (Å²) in [6, 6.07) is 5.05. The minimum absolute atomic E-state index is 0. The largest absolute Gasteiger partial charge is 0.310 e. The third kappa shape index (κ3) is 2.38. The summed E-state index contributed by atoms with van der Waals surface area (Å²) in [6.45, 7) is 0.979. The summed E-state index contributed by atoms with van der Waals surface area (Å²) in [6.07, 6.45) is 2.13. The topological polar surface area (TPSA) is 12.0 Å². The van der Waals surface area contributed by atoms with Gasteiger partial charge in [-0.1, -0.05) is 17.7 Å². The summed E-state index contributed by atoms with van der Waals surface area (Å²) in [5.41, 5.74) is 0.738. The number of benzene rings is 1. The molecule has 0 unspecified atom stereocenters. The highest BCUT2D eigenvalue weighted by atomic mass is 35.5. The predicted molar refractivity (Wildman–Crippen MR) is 58.6 cm³/mol. The zero-order chi connectivity index (χ0) is 9.26. The lowest BCUT2D eigenvalue weighted by Gasteiger charge is -2.11. The number of halogens is 3. The summed E-state index contributed by atoms with van der Waals surface area (Å²) < 4.78 is 13.4. The van der Waals surface area contributed by atoms with Crippen molar-refractivity contribution >= 4 is 24.0 Å². The van der Waals surface area contributed by atoms with Crippen LogP contribution in [0.4, 0.5) is 4.39 Å². The number of nitrogens with one attached hydrogen (secondary N) is 1. The molecule has 4 heteroatoms. The maximum Gasteiger partial charge on any atom is 0.129 e. The first-order valence-electron chi connectivity index (χ1n) is 4.46. The summed E-state index contributed by atoms with van der Waals surface area (Å²) in [4.78, 5) is 0. The van der Waals surface area contributed by atoms with Crippen molar-refractivity contribution in [2.45, 2.75) is 18.9 Å². The fraction of sp³-hybridized carbons (Fsp3) is 0.400. The molecule has 0 aliphatic carbocycles. The van der Waals surface area contributed by atoms with Crippen LogP contribution < -0.4 is 5.32 Å². The Hall–Kier alpha value is -0.310. The van der Waals surface area contributed by atoms with Gasteiger partial charge >= 0.3 is 0 Å². The molecule has 14 heavy (non-hydrogen) atoms. The van der Waals surface area contributed by atoms with Crippen LogP contribution in [0.5, 0.6) is 0 Å². The molecule has 1 N–H and O–H groups in total. The molecular weight excluding hydrogens is 224 g/mol. The van der Waals surface area contributed by atoms with Crippen LogP contribution >= 0.6 is 24.0 Å². The first kappa shape index (κ1) is 11.8. The molecule has 1 aromatic carbocycles. The van der Waals surface area contributed by atoms with Gasteiger partial charge in [0.2, 0.25) is 0 Å². The standard InChI is InChI=1S/C10H11ClFN.ClH/c11-7-3-4-8(9(12)6-7)10-2-1-5-13-10;/h3-4,6,10,13H,1-2,5H2;1H/t10-;/m0./s1. The highest BCUT2D eigenvalue weighted by Crippen LogP contribution is 2.26. The van der Waals surface area contributed by atoms with Crippen molar-refractivity contribution in [2.24, 2.45) is 0 Å². The Labute approximate surface area is 94.1 Å². The molecule has 0 bridgehead atoms. The zero-order valence-electron chi connectivity index (χ0n) is 7.59. The monoisotopic (exact) mass is 235 g/mol. The Morgan fingerprint density at radius 3 is 2.79 bits per heavy atom. The lowest BCUT2D eigenvalue weighted by atomic mass is 10.1. The van der Waals surface area contributed by atoms with Crippen LogP contribution in [-0.4, -0.2) is 6.54 Å². The van der Waals surface area contributed by atoms with Crippen molar-refractivity contribution in [1.82, 2.24) is 5.32 Å². The normalized spacial score (nSPS) is 20.6. The highest BCUT2D eigenvalue weighted by Gasteiger charge is 2.19. The number of rotatable bonds is 1. The Balaban J connectivity index is 0.000000980. The zero-order valence-corrected chi connectivity index (χ0v) is 9.17. The summed E-state index contributed by atoms with van der Waals surface area (Å²) >= 11 is 5.66. The molecule has 1 saturated heterocycles. The molecule has 78 valence electrons. The average Bonchev–Trinajstić information content (AvgIpc) is 2.56. The number of hydrogen-bond donors (Lipinski definition) is 1. The molecule has 0 saturated carbocycles. The van der Waals surface area contributed by atoms with Crippen LogP contribution in [0.3, 0.4) is 0 Å². The van der Waals surface area contributed by atoms with Crippen LogP contribution in [0.2, 0.25) is 5.02 Å². The van der Waals surface area contributed by atoms with E-state index >= 15 is 0 Å². The van der Waals surface area contributed by atoms with Gasteiger partial charge < -0.3 is 5.32 Å². The first-order valence-corrected chi connectivity index (χ1v) is 4.83. The lowest BCUT2D eigenvalue weighted by molar-refractivity contribution is 0.559. The van der Waals surface area contributed by atoms with Crippen LogP contribution in [-0.2, 0) is 0 Å². The molecule has 1 aromatic rings. The average molecular weight is 236 g/mol. The molecule has 1 fully saturated rings. The van der Waals surface area contributed by atoms with Gasteiger partial charge in [0.15, 0.2) is 0 Å². The van der Waals surface area contributed by atoms with Crippen molar-refractivity contribution in [2.75, 3.05) is 6.54 Å². The smallest absolute Gasteiger partial charge is 0.129 e. The van der Waals surface area contributed by atoms with E-state index in [0.29, 0.717) is 5.02 Å². The van der Waals surface area contributed by atoms with Crippen LogP contribution in [0.25, 0.3) is 0 Å². The van der Waals surface area contributed by atoms with Gasteiger partial charge in [-0.15, -0.1) is 12.4 Å². The third-order valence-corrected chi connectivity index (χ3v) is 2.63. The second-order valence-corrected chi connectivity index (χ2v) is 3.75. The molecule has 1 heterocycles. The molecular formula is C10H12Cl2FN. The maximum absolute atomic E-state index is 13.4. The van der Waals surface area contributed by atoms with Crippen molar-refractivity contribution in [1.29, 1.82) is 0 Å². The van der Waals surface area contributed by atoms with E-state index in [-0.39, 0.29) is 24.3 Å². The molecule has 1 aliphatic rings. The van der Waals surface area contributed by atoms with E-state index in [1.807, 2.05) is 0 Å². The third-order valence-electron chi connectivity index (χ3n) is 2.40. The fourth-order valence-corrected chi connectivity index (χ4v) is 1.89. The second kappa shape index (κ2) is 4.96. The van der Waals surface area contributed by atoms with E-state index in [1.54, 1.807) is 12.1 Å². The Morgan fingerprint density at radius 1 is 1.43 bits per heavy atom. The van der Waals surface area contributed by atoms with Crippen molar-refractivity contribution < 1.29 is 4.39 Å². The van der Waals surface area contributed by atoms with E-state index in [2.05, 4.69) is 5.32 Å². The molecule has 2 rings (SSSR count). The van der Waals surface area contributed by atoms with Gasteiger partial charge in [-0.05, 0) is 31.5 Å². The summed E-state index contributed by atoms with van der Waals surface area (Å²) in [5.74, 6) is -0.202. The van der Waals surface area contributed by atoms with E-state index in [0.717, 1.165) is 24.9 Å². The van der Waals surface area contributed by atoms with Crippen molar-refractivity contribution in [3.05, 3.63) is 34.6 Å². The molecule has 1 nitrogen and oxygen atoms in total. The quantitative estimate of drug-likeness (QED) is 0.788. The van der Waals surface area contributed by atoms with Gasteiger partial charge in [0.05, 0.1) is 0 Å². The number of hydrogen-bond acceptors (Lipinski definition) is 1. The first-order chi connectivity index (χ1) is 6.27. The van der Waals surface area contributed by atoms with Crippen LogP contribution in [0, 0.1) is 5.82 Å². The molecule has 1 aliphatic heterocycles. The molecule has 0 aromatic heterocycles. The van der Waals surface area contributed by atoms with E-state index < -0.39 is 0 Å². The summed E-state index contributed by atoms with van der Waals surface area (Å²) in [7, 11) is 0. The van der Waals surface area contributed by atoms with Crippen LogP contribution in [0.1, 0.15) is 24.4 Å². The minimum Gasteiger partial charge on any atom is -0.310 e. The van der Waals surface area contributed by atoms with Gasteiger partial charge in [-0.25, -0.2) is 4.39 Å². The van der Waals surface area contributed by atoms with E-state index in [9.17, 15) is 4.39 Å². The van der Waals surface area contributed by atoms with E-state index in [4.69, 9.17) is 11.6 Å². The fourth-order valence-electron chi connectivity index (χ4n) is 1.73. The predicted octanol–water partition coefficient (Wildman–Crippen LogP) is 3.33. The SMILES string of the molecule is Cl.Fc1cc(Cl)ccc1[C@@H]1CCCN1. The Bertz CT molecular complexity index is 311. The summed E-state index contributed by atoms with van der Waals surface area (Å²) in [5, 5.41) is 3.71. The minimum atomic E-state index is -0.202.